The van der Waals surface area contributed by atoms with Crippen molar-refractivity contribution < 1.29 is 9.59 Å². The quantitative estimate of drug-likeness (QED) is 0.521. The van der Waals surface area contributed by atoms with E-state index in [-0.39, 0.29) is 11.8 Å². The second kappa shape index (κ2) is 10.8. The maximum Gasteiger partial charge on any atom is 0.242 e. The van der Waals surface area contributed by atoms with Gasteiger partial charge in [-0.25, -0.2) is 4.98 Å². The predicted octanol–water partition coefficient (Wildman–Crippen LogP) is 2.69. The molecular formula is C18H21N3O2S2. The molecule has 132 valence electrons. The van der Waals surface area contributed by atoms with Crippen LogP contribution in [0, 0.1) is 0 Å². The summed E-state index contributed by atoms with van der Waals surface area (Å²) in [5.41, 5.74) is 1.01. The number of hydrogen-bond acceptors (Lipinski definition) is 5. The minimum absolute atomic E-state index is 0.164. The van der Waals surface area contributed by atoms with Gasteiger partial charge in [0.25, 0.3) is 0 Å². The van der Waals surface area contributed by atoms with Crippen molar-refractivity contribution in [2.75, 3.05) is 12.3 Å². The number of carbonyl (C=O) groups excluding carboxylic acids is 2. The lowest BCUT2D eigenvalue weighted by atomic mass is 10.1. The van der Waals surface area contributed by atoms with E-state index in [1.165, 1.54) is 6.92 Å². The van der Waals surface area contributed by atoms with E-state index in [1.54, 1.807) is 27.8 Å². The lowest BCUT2D eigenvalue weighted by molar-refractivity contribution is -0.127. The average molecular weight is 376 g/mol. The second-order valence-electron chi connectivity index (χ2n) is 5.31. The molecule has 25 heavy (non-hydrogen) atoms. The van der Waals surface area contributed by atoms with Gasteiger partial charge in [-0.1, -0.05) is 47.2 Å². The van der Waals surface area contributed by atoms with E-state index in [2.05, 4.69) is 15.6 Å². The van der Waals surface area contributed by atoms with Crippen molar-refractivity contribution >= 4 is 33.4 Å². The normalized spacial score (nSPS) is 11.6. The van der Waals surface area contributed by atoms with Gasteiger partial charge >= 0.3 is 0 Å². The molecule has 1 aromatic carbocycles. The van der Waals surface area contributed by atoms with Crippen LogP contribution in [0.5, 0.6) is 0 Å². The first kappa shape index (κ1) is 19.3. The number of nitrogens with one attached hydrogen (secondary N) is 2. The van der Waals surface area contributed by atoms with Crippen molar-refractivity contribution in [3.05, 3.63) is 60.3 Å². The molecular weight excluding hydrogens is 354 g/mol. The molecule has 0 radical (unpaired) electrons. The highest BCUT2D eigenvalue weighted by atomic mass is 33.1. The third-order valence-electron chi connectivity index (χ3n) is 3.24. The predicted molar refractivity (Wildman–Crippen MR) is 103 cm³/mol. The fraction of sp³-hybridized carbons (Fsp3) is 0.278. The number of hydrogen-bond donors (Lipinski definition) is 2. The summed E-state index contributed by atoms with van der Waals surface area (Å²) in [4.78, 5) is 28.0. The molecule has 2 rings (SSSR count). The van der Waals surface area contributed by atoms with Gasteiger partial charge < -0.3 is 10.6 Å². The highest BCUT2D eigenvalue weighted by Gasteiger charge is 2.19. The Labute approximate surface area is 155 Å². The fourth-order valence-corrected chi connectivity index (χ4v) is 3.93. The third kappa shape index (κ3) is 7.62. The monoisotopic (exact) mass is 375 g/mol. The molecule has 0 saturated carbocycles. The van der Waals surface area contributed by atoms with Gasteiger partial charge in [-0.2, -0.15) is 0 Å². The van der Waals surface area contributed by atoms with Gasteiger partial charge in [0.1, 0.15) is 11.1 Å². The Kier molecular flexibility index (Phi) is 8.34. The van der Waals surface area contributed by atoms with Gasteiger partial charge in [-0.05, 0) is 28.5 Å². The molecule has 7 heteroatoms. The average Bonchev–Trinajstić information content (AvgIpc) is 2.62. The van der Waals surface area contributed by atoms with Crippen molar-refractivity contribution in [1.82, 2.24) is 15.6 Å². The Morgan fingerprint density at radius 1 is 1.12 bits per heavy atom. The van der Waals surface area contributed by atoms with Crippen LogP contribution in [0.25, 0.3) is 0 Å². The Morgan fingerprint density at radius 2 is 1.88 bits per heavy atom. The Balaban J connectivity index is 1.75. The van der Waals surface area contributed by atoms with Gasteiger partial charge in [0.05, 0.1) is 0 Å². The van der Waals surface area contributed by atoms with Crippen LogP contribution >= 0.6 is 21.6 Å². The van der Waals surface area contributed by atoms with Crippen LogP contribution in [0.3, 0.4) is 0 Å². The Hall–Kier alpha value is -1.99. The minimum Gasteiger partial charge on any atom is -0.353 e. The zero-order valence-corrected chi connectivity index (χ0v) is 15.6. The fourth-order valence-electron chi connectivity index (χ4n) is 2.14. The summed E-state index contributed by atoms with van der Waals surface area (Å²) < 4.78 is 0. The standard InChI is InChI=1S/C18H21N3O2S2/c1-14(22)21-16(13-15-7-3-2-4-8-15)18(23)20-11-12-24-25-17-9-5-6-10-19-17/h2-10,16H,11-13H2,1H3,(H,20,23)(H,21,22). The molecule has 0 fully saturated rings. The van der Waals surface area contributed by atoms with Crippen molar-refractivity contribution in [2.45, 2.75) is 24.4 Å². The van der Waals surface area contributed by atoms with E-state index < -0.39 is 6.04 Å². The molecule has 0 bridgehead atoms. The van der Waals surface area contributed by atoms with E-state index >= 15 is 0 Å². The zero-order valence-electron chi connectivity index (χ0n) is 14.0. The number of aromatic nitrogens is 1. The van der Waals surface area contributed by atoms with Crippen LogP contribution in [0.2, 0.25) is 0 Å². The molecule has 1 atom stereocenters. The van der Waals surface area contributed by atoms with Crippen LogP contribution in [-0.4, -0.2) is 35.1 Å². The molecule has 0 aliphatic rings. The van der Waals surface area contributed by atoms with E-state index in [0.29, 0.717) is 13.0 Å². The number of amides is 2. The maximum absolute atomic E-state index is 12.4. The van der Waals surface area contributed by atoms with E-state index in [4.69, 9.17) is 0 Å². The van der Waals surface area contributed by atoms with E-state index in [1.807, 2.05) is 48.5 Å². The summed E-state index contributed by atoms with van der Waals surface area (Å²) in [6.45, 7) is 1.96. The van der Waals surface area contributed by atoms with Crippen molar-refractivity contribution in [2.24, 2.45) is 0 Å². The number of pyridine rings is 1. The SMILES string of the molecule is CC(=O)NC(Cc1ccccc1)C(=O)NCCSSc1ccccn1. The van der Waals surface area contributed by atoms with Gasteiger partial charge in [0.2, 0.25) is 11.8 Å². The molecule has 1 heterocycles. The summed E-state index contributed by atoms with van der Waals surface area (Å²) in [7, 11) is 3.21. The maximum atomic E-state index is 12.4. The molecule has 0 spiro atoms. The summed E-state index contributed by atoms with van der Waals surface area (Å²) in [5, 5.41) is 6.55. The molecule has 2 aromatic rings. The largest absolute Gasteiger partial charge is 0.353 e. The highest BCUT2D eigenvalue weighted by molar-refractivity contribution is 8.76. The minimum atomic E-state index is -0.562. The molecule has 0 saturated heterocycles. The Morgan fingerprint density at radius 3 is 2.56 bits per heavy atom. The van der Waals surface area contributed by atoms with Crippen LogP contribution in [-0.2, 0) is 16.0 Å². The van der Waals surface area contributed by atoms with E-state index in [9.17, 15) is 9.59 Å². The number of benzene rings is 1. The van der Waals surface area contributed by atoms with Crippen LogP contribution < -0.4 is 10.6 Å². The summed E-state index contributed by atoms with van der Waals surface area (Å²) >= 11 is 0. The molecule has 0 aliphatic carbocycles. The zero-order chi connectivity index (χ0) is 17.9. The number of rotatable bonds is 9. The summed E-state index contributed by atoms with van der Waals surface area (Å²) in [6.07, 6.45) is 2.23. The smallest absolute Gasteiger partial charge is 0.242 e. The summed E-state index contributed by atoms with van der Waals surface area (Å²) in [5.74, 6) is 0.379. The van der Waals surface area contributed by atoms with Crippen molar-refractivity contribution in [1.29, 1.82) is 0 Å². The van der Waals surface area contributed by atoms with E-state index in [0.717, 1.165) is 16.3 Å². The first-order valence-electron chi connectivity index (χ1n) is 7.94. The van der Waals surface area contributed by atoms with Crippen molar-refractivity contribution in [3.63, 3.8) is 0 Å². The van der Waals surface area contributed by atoms with Gasteiger partial charge in [-0.3, -0.25) is 9.59 Å². The third-order valence-corrected chi connectivity index (χ3v) is 5.51. The molecule has 2 N–H and O–H groups in total. The Bertz CT molecular complexity index is 669. The molecule has 1 unspecified atom stereocenters. The van der Waals surface area contributed by atoms with Gasteiger partial charge in [0.15, 0.2) is 0 Å². The molecule has 5 nitrogen and oxygen atoms in total. The van der Waals surface area contributed by atoms with Crippen LogP contribution in [0.4, 0.5) is 0 Å². The highest BCUT2D eigenvalue weighted by Crippen LogP contribution is 2.28. The topological polar surface area (TPSA) is 71.1 Å². The van der Waals surface area contributed by atoms with Gasteiger partial charge in [0, 0.05) is 31.8 Å². The lowest BCUT2D eigenvalue weighted by Gasteiger charge is -2.17. The number of nitrogens with zero attached hydrogens (tertiary/aromatic N) is 1. The van der Waals surface area contributed by atoms with Crippen molar-refractivity contribution in [3.8, 4) is 0 Å². The van der Waals surface area contributed by atoms with Gasteiger partial charge in [-0.15, -0.1) is 0 Å². The molecule has 2 amide bonds. The first-order chi connectivity index (χ1) is 12.1. The molecule has 1 aromatic heterocycles. The van der Waals surface area contributed by atoms with Crippen LogP contribution in [0.15, 0.2) is 59.8 Å². The lowest BCUT2D eigenvalue weighted by Crippen LogP contribution is -2.47. The number of carbonyl (C=O) groups is 2. The molecule has 0 aliphatic heterocycles. The summed E-state index contributed by atoms with van der Waals surface area (Å²) in [6, 6.07) is 14.9. The first-order valence-corrected chi connectivity index (χ1v) is 10.3. The van der Waals surface area contributed by atoms with Crippen LogP contribution in [0.1, 0.15) is 12.5 Å². The second-order valence-corrected chi connectivity index (χ2v) is 7.74.